The van der Waals surface area contributed by atoms with Gasteiger partial charge in [-0.2, -0.15) is 0 Å². The molecule has 7 nitrogen and oxygen atoms in total. The number of benzene rings is 1. The van der Waals surface area contributed by atoms with Gasteiger partial charge in [-0.15, -0.1) is 11.8 Å². The number of carbonyl (C=O) groups is 1. The second-order valence-corrected chi connectivity index (χ2v) is 6.65. The highest BCUT2D eigenvalue weighted by Gasteiger charge is 2.25. The molecule has 1 atom stereocenters. The van der Waals surface area contributed by atoms with Gasteiger partial charge in [-0.25, -0.2) is 9.18 Å². The number of halogens is 1. The third-order valence-corrected chi connectivity index (χ3v) is 5.09. The third kappa shape index (κ3) is 3.52. The predicted octanol–water partition coefficient (Wildman–Crippen LogP) is 0.635. The molecule has 3 rings (SSSR count). The molecule has 1 aromatic heterocycles. The molecule has 0 radical (unpaired) electrons. The SMILES string of the molecule is O=C(N[C@@H]1CCSc2c(F)cccc21)c1cn(CCO)c(=O)[nH]c1=O. The average molecular weight is 365 g/mol. The maximum absolute atomic E-state index is 13.9. The fourth-order valence-corrected chi connectivity index (χ4v) is 3.86. The number of thioether (sulfide) groups is 1. The Morgan fingerprint density at radius 2 is 2.24 bits per heavy atom. The van der Waals surface area contributed by atoms with E-state index >= 15 is 0 Å². The van der Waals surface area contributed by atoms with Crippen LogP contribution < -0.4 is 16.6 Å². The van der Waals surface area contributed by atoms with E-state index in [2.05, 4.69) is 10.3 Å². The summed E-state index contributed by atoms with van der Waals surface area (Å²) in [7, 11) is 0. The highest BCUT2D eigenvalue weighted by atomic mass is 32.2. The quantitative estimate of drug-likeness (QED) is 0.737. The minimum atomic E-state index is -0.804. The van der Waals surface area contributed by atoms with E-state index in [1.807, 2.05) is 0 Å². The zero-order valence-corrected chi connectivity index (χ0v) is 13.9. The molecule has 1 amide bonds. The van der Waals surface area contributed by atoms with Crippen molar-refractivity contribution < 1.29 is 14.3 Å². The monoisotopic (exact) mass is 365 g/mol. The summed E-state index contributed by atoms with van der Waals surface area (Å²) in [5, 5.41) is 11.7. The van der Waals surface area contributed by atoms with Crippen LogP contribution in [-0.4, -0.2) is 32.9 Å². The average Bonchev–Trinajstić information content (AvgIpc) is 2.58. The lowest BCUT2D eigenvalue weighted by Gasteiger charge is -2.26. The first-order chi connectivity index (χ1) is 12.0. The predicted molar refractivity (Wildman–Crippen MR) is 90.4 cm³/mol. The van der Waals surface area contributed by atoms with E-state index in [1.165, 1.54) is 17.8 Å². The topological polar surface area (TPSA) is 104 Å². The van der Waals surface area contributed by atoms with Crippen LogP contribution in [0.4, 0.5) is 4.39 Å². The molecule has 2 heterocycles. The van der Waals surface area contributed by atoms with Gasteiger partial charge in [-0.05, 0) is 18.1 Å². The Labute approximate surface area is 145 Å². The maximum atomic E-state index is 13.9. The molecule has 0 spiro atoms. The van der Waals surface area contributed by atoms with Gasteiger partial charge < -0.3 is 10.4 Å². The molecule has 0 unspecified atom stereocenters. The minimum absolute atomic E-state index is 0.0377. The Hall–Kier alpha value is -2.39. The van der Waals surface area contributed by atoms with E-state index < -0.39 is 23.2 Å². The van der Waals surface area contributed by atoms with Crippen LogP contribution in [0.1, 0.15) is 28.4 Å². The lowest BCUT2D eigenvalue weighted by Crippen LogP contribution is -2.39. The van der Waals surface area contributed by atoms with Gasteiger partial charge in [0.05, 0.1) is 19.2 Å². The molecule has 0 fully saturated rings. The van der Waals surface area contributed by atoms with E-state index in [4.69, 9.17) is 5.11 Å². The molecule has 0 bridgehead atoms. The van der Waals surface area contributed by atoms with Gasteiger partial charge in [-0.3, -0.25) is 19.1 Å². The molecular formula is C16H16FN3O4S. The van der Waals surface area contributed by atoms with Crippen molar-refractivity contribution in [2.24, 2.45) is 0 Å². The Morgan fingerprint density at radius 1 is 1.44 bits per heavy atom. The van der Waals surface area contributed by atoms with Gasteiger partial charge in [0, 0.05) is 16.8 Å². The van der Waals surface area contributed by atoms with Crippen molar-refractivity contribution in [2.45, 2.75) is 23.9 Å². The molecule has 0 aliphatic carbocycles. The molecule has 132 valence electrons. The van der Waals surface area contributed by atoms with E-state index in [0.29, 0.717) is 22.6 Å². The van der Waals surface area contributed by atoms with Crippen LogP contribution in [0.5, 0.6) is 0 Å². The molecule has 3 N–H and O–H groups in total. The summed E-state index contributed by atoms with van der Waals surface area (Å²) in [6.45, 7) is -0.344. The number of aromatic amines is 1. The van der Waals surface area contributed by atoms with Crippen LogP contribution >= 0.6 is 11.8 Å². The zero-order valence-electron chi connectivity index (χ0n) is 13.1. The summed E-state index contributed by atoms with van der Waals surface area (Å²) < 4.78 is 15.0. The van der Waals surface area contributed by atoms with Gasteiger partial charge in [0.25, 0.3) is 11.5 Å². The van der Waals surface area contributed by atoms with Gasteiger partial charge in [0.15, 0.2) is 0 Å². The number of rotatable bonds is 4. The summed E-state index contributed by atoms with van der Waals surface area (Å²) >= 11 is 1.39. The fourth-order valence-electron chi connectivity index (χ4n) is 2.72. The van der Waals surface area contributed by atoms with E-state index in [1.54, 1.807) is 12.1 Å². The number of fused-ring (bicyclic) bond motifs is 1. The summed E-state index contributed by atoms with van der Waals surface area (Å²) in [5.41, 5.74) is -1.06. The summed E-state index contributed by atoms with van der Waals surface area (Å²) in [6, 6.07) is 4.27. The first kappa shape index (κ1) is 17.4. The van der Waals surface area contributed by atoms with Crippen molar-refractivity contribution in [2.75, 3.05) is 12.4 Å². The van der Waals surface area contributed by atoms with Crippen molar-refractivity contribution in [1.82, 2.24) is 14.9 Å². The first-order valence-corrected chi connectivity index (χ1v) is 8.66. The number of hydrogen-bond acceptors (Lipinski definition) is 5. The second kappa shape index (κ2) is 7.24. The summed E-state index contributed by atoms with van der Waals surface area (Å²) in [5.74, 6) is -0.352. The Morgan fingerprint density at radius 3 is 3.00 bits per heavy atom. The van der Waals surface area contributed by atoms with Crippen LogP contribution in [0.2, 0.25) is 0 Å². The fraction of sp³-hybridized carbons (Fsp3) is 0.312. The number of nitrogens with one attached hydrogen (secondary N) is 2. The lowest BCUT2D eigenvalue weighted by molar-refractivity contribution is 0.0932. The zero-order chi connectivity index (χ0) is 18.0. The minimum Gasteiger partial charge on any atom is -0.395 e. The molecule has 1 aromatic carbocycles. The number of aliphatic hydroxyl groups excluding tert-OH is 1. The maximum Gasteiger partial charge on any atom is 0.328 e. The van der Waals surface area contributed by atoms with Gasteiger partial charge in [0.1, 0.15) is 11.4 Å². The molecule has 0 saturated heterocycles. The van der Waals surface area contributed by atoms with Crippen molar-refractivity contribution in [3.8, 4) is 0 Å². The van der Waals surface area contributed by atoms with Crippen molar-refractivity contribution in [3.05, 3.63) is 62.2 Å². The molecule has 1 aliphatic rings. The van der Waals surface area contributed by atoms with E-state index in [0.717, 1.165) is 10.8 Å². The van der Waals surface area contributed by atoms with Crippen molar-refractivity contribution in [1.29, 1.82) is 0 Å². The highest BCUT2D eigenvalue weighted by Crippen LogP contribution is 2.37. The number of amides is 1. The second-order valence-electron chi connectivity index (χ2n) is 5.54. The van der Waals surface area contributed by atoms with Gasteiger partial charge in [0.2, 0.25) is 0 Å². The Bertz CT molecular complexity index is 924. The summed E-state index contributed by atoms with van der Waals surface area (Å²) in [6.07, 6.45) is 1.72. The smallest absolute Gasteiger partial charge is 0.328 e. The van der Waals surface area contributed by atoms with Crippen LogP contribution in [-0.2, 0) is 6.54 Å². The van der Waals surface area contributed by atoms with Crippen molar-refractivity contribution >= 4 is 17.7 Å². The Kier molecular flexibility index (Phi) is 5.05. The van der Waals surface area contributed by atoms with Crippen LogP contribution in [0.25, 0.3) is 0 Å². The standard InChI is InChI=1S/C16H16FN3O4S/c17-11-3-1-2-9-12(4-7-25-13(9)11)18-14(22)10-8-20(5-6-21)16(24)19-15(10)23/h1-3,8,12,21H,4-7H2,(H,18,22)(H,19,23,24)/t12-/m1/s1. The number of aliphatic hydroxyl groups is 1. The Balaban J connectivity index is 1.90. The number of carbonyl (C=O) groups excluding carboxylic acids is 1. The highest BCUT2D eigenvalue weighted by molar-refractivity contribution is 7.99. The largest absolute Gasteiger partial charge is 0.395 e. The molecule has 2 aromatic rings. The van der Waals surface area contributed by atoms with Crippen molar-refractivity contribution in [3.63, 3.8) is 0 Å². The third-order valence-electron chi connectivity index (χ3n) is 3.93. The molecule has 9 heteroatoms. The molecule has 0 saturated carbocycles. The van der Waals surface area contributed by atoms with Gasteiger partial charge >= 0.3 is 5.69 Å². The molecular weight excluding hydrogens is 349 g/mol. The normalized spacial score (nSPS) is 16.3. The summed E-state index contributed by atoms with van der Waals surface area (Å²) in [4.78, 5) is 38.6. The van der Waals surface area contributed by atoms with Crippen LogP contribution in [0, 0.1) is 5.82 Å². The van der Waals surface area contributed by atoms with E-state index in [-0.39, 0.29) is 24.5 Å². The lowest BCUT2D eigenvalue weighted by atomic mass is 10.0. The van der Waals surface area contributed by atoms with Crippen LogP contribution in [0.15, 0.2) is 38.9 Å². The number of nitrogens with zero attached hydrogens (tertiary/aromatic N) is 1. The van der Waals surface area contributed by atoms with Crippen LogP contribution in [0.3, 0.4) is 0 Å². The number of H-pyrrole nitrogens is 1. The van der Waals surface area contributed by atoms with Gasteiger partial charge in [-0.1, -0.05) is 12.1 Å². The molecule has 1 aliphatic heterocycles. The first-order valence-electron chi connectivity index (χ1n) is 7.68. The number of hydrogen-bond donors (Lipinski definition) is 3. The molecule has 25 heavy (non-hydrogen) atoms. The van der Waals surface area contributed by atoms with E-state index in [9.17, 15) is 18.8 Å². The number of aromatic nitrogens is 2.